The molecule has 4 aromatic rings. The molecule has 0 N–H and O–H groups in total. The Labute approximate surface area is 168 Å². The van der Waals surface area contributed by atoms with Crippen LogP contribution in [0.15, 0.2) is 65.3 Å². The molecule has 0 saturated carbocycles. The first-order valence-corrected chi connectivity index (χ1v) is 10.2. The summed E-state index contributed by atoms with van der Waals surface area (Å²) in [5.41, 5.74) is 11.7. The van der Waals surface area contributed by atoms with Crippen molar-refractivity contribution in [3.8, 4) is 11.1 Å². The van der Waals surface area contributed by atoms with Gasteiger partial charge in [0.2, 0.25) is 0 Å². The third-order valence-corrected chi connectivity index (χ3v) is 5.78. The maximum absolute atomic E-state index is 5.88. The second kappa shape index (κ2) is 7.67. The molecule has 0 aliphatic rings. The van der Waals surface area contributed by atoms with Gasteiger partial charge in [-0.25, -0.2) is 0 Å². The highest BCUT2D eigenvalue weighted by atomic mass is 16.3. The van der Waals surface area contributed by atoms with Gasteiger partial charge in [-0.3, -0.25) is 0 Å². The van der Waals surface area contributed by atoms with Gasteiger partial charge >= 0.3 is 0 Å². The molecule has 142 valence electrons. The van der Waals surface area contributed by atoms with Crippen LogP contribution in [0.4, 0.5) is 0 Å². The van der Waals surface area contributed by atoms with E-state index in [2.05, 4.69) is 82.3 Å². The number of rotatable bonds is 5. The first-order chi connectivity index (χ1) is 13.5. The Morgan fingerprint density at radius 1 is 0.714 bits per heavy atom. The van der Waals surface area contributed by atoms with Crippen LogP contribution in [0.3, 0.4) is 0 Å². The van der Waals surface area contributed by atoms with Gasteiger partial charge in [0.1, 0.15) is 5.58 Å². The third-order valence-electron chi connectivity index (χ3n) is 5.78. The summed E-state index contributed by atoms with van der Waals surface area (Å²) in [5.74, 6) is 0. The van der Waals surface area contributed by atoms with Gasteiger partial charge in [0.05, 0.1) is 6.26 Å². The second-order valence-electron chi connectivity index (χ2n) is 7.92. The Bertz CT molecular complexity index is 1110. The number of furan rings is 1. The van der Waals surface area contributed by atoms with E-state index in [-0.39, 0.29) is 0 Å². The summed E-state index contributed by atoms with van der Waals surface area (Å²) in [5, 5.41) is 1.24. The Hall–Kier alpha value is -2.80. The summed E-state index contributed by atoms with van der Waals surface area (Å²) in [6, 6.07) is 20.2. The first kappa shape index (κ1) is 18.6. The van der Waals surface area contributed by atoms with Crippen molar-refractivity contribution in [2.24, 2.45) is 0 Å². The quantitative estimate of drug-likeness (QED) is 0.358. The summed E-state index contributed by atoms with van der Waals surface area (Å²) >= 11 is 0. The van der Waals surface area contributed by atoms with E-state index in [1.54, 1.807) is 0 Å². The summed E-state index contributed by atoms with van der Waals surface area (Å²) in [6.07, 6.45) is 4.95. The lowest BCUT2D eigenvalue weighted by molar-refractivity contribution is 0.610. The standard InChI is InChI=1S/C27H28O/c1-5-21-17-28-27-15-24(13-12-22-9-8-19(3)14-20(22)4)25(16-26(21)27)23-10-6-18(2)7-11-23/h6-11,14-17H,5,12-13H2,1-4H3. The minimum atomic E-state index is 0.988. The fourth-order valence-electron chi connectivity index (χ4n) is 4.05. The highest BCUT2D eigenvalue weighted by molar-refractivity contribution is 5.88. The monoisotopic (exact) mass is 368 g/mol. The molecule has 0 saturated heterocycles. The Kier molecular flexibility index (Phi) is 5.09. The van der Waals surface area contributed by atoms with Crippen LogP contribution in [-0.2, 0) is 19.3 Å². The fraction of sp³-hybridized carbons (Fsp3) is 0.259. The molecule has 3 aromatic carbocycles. The number of hydrogen-bond acceptors (Lipinski definition) is 1. The molecular weight excluding hydrogens is 340 g/mol. The van der Waals surface area contributed by atoms with Crippen molar-refractivity contribution in [1.82, 2.24) is 0 Å². The largest absolute Gasteiger partial charge is 0.464 e. The maximum atomic E-state index is 5.88. The van der Waals surface area contributed by atoms with Crippen molar-refractivity contribution in [1.29, 1.82) is 0 Å². The molecule has 28 heavy (non-hydrogen) atoms. The third kappa shape index (κ3) is 3.62. The predicted molar refractivity (Wildman–Crippen MR) is 119 cm³/mol. The van der Waals surface area contributed by atoms with E-state index in [4.69, 9.17) is 4.42 Å². The van der Waals surface area contributed by atoms with Gasteiger partial charge in [-0.05, 0) is 85.5 Å². The molecule has 0 aliphatic carbocycles. The minimum Gasteiger partial charge on any atom is -0.464 e. The average Bonchev–Trinajstić information content (AvgIpc) is 3.09. The van der Waals surface area contributed by atoms with Gasteiger partial charge in [-0.15, -0.1) is 0 Å². The normalized spacial score (nSPS) is 11.3. The molecule has 0 unspecified atom stereocenters. The van der Waals surface area contributed by atoms with E-state index < -0.39 is 0 Å². The zero-order chi connectivity index (χ0) is 19.7. The predicted octanol–water partition coefficient (Wildman–Crippen LogP) is 7.37. The molecule has 4 rings (SSSR count). The second-order valence-corrected chi connectivity index (χ2v) is 7.92. The van der Waals surface area contributed by atoms with Crippen LogP contribution in [0.5, 0.6) is 0 Å². The topological polar surface area (TPSA) is 13.1 Å². The summed E-state index contributed by atoms with van der Waals surface area (Å²) in [7, 11) is 0. The maximum Gasteiger partial charge on any atom is 0.134 e. The van der Waals surface area contributed by atoms with Crippen LogP contribution in [0, 0.1) is 20.8 Å². The average molecular weight is 369 g/mol. The molecule has 1 heterocycles. The zero-order valence-electron chi connectivity index (χ0n) is 17.3. The van der Waals surface area contributed by atoms with E-state index in [1.807, 2.05) is 6.26 Å². The number of hydrogen-bond donors (Lipinski definition) is 0. The van der Waals surface area contributed by atoms with Crippen LogP contribution < -0.4 is 0 Å². The Morgan fingerprint density at radius 2 is 1.43 bits per heavy atom. The molecule has 1 nitrogen and oxygen atoms in total. The molecule has 0 bridgehead atoms. The SMILES string of the molecule is CCc1coc2cc(CCc3ccc(C)cc3C)c(-c3ccc(C)cc3)cc12. The summed E-state index contributed by atoms with van der Waals surface area (Å²) in [6.45, 7) is 8.69. The van der Waals surface area contributed by atoms with Crippen molar-refractivity contribution in [2.75, 3.05) is 0 Å². The molecule has 0 spiro atoms. The molecule has 0 aliphatic heterocycles. The van der Waals surface area contributed by atoms with E-state index in [0.717, 1.165) is 24.8 Å². The van der Waals surface area contributed by atoms with Crippen molar-refractivity contribution < 1.29 is 4.42 Å². The molecule has 1 heteroatoms. The van der Waals surface area contributed by atoms with E-state index in [1.165, 1.54) is 49.9 Å². The first-order valence-electron chi connectivity index (χ1n) is 10.2. The fourth-order valence-corrected chi connectivity index (χ4v) is 4.05. The van der Waals surface area contributed by atoms with Gasteiger partial charge in [-0.2, -0.15) is 0 Å². The molecular formula is C27H28O. The van der Waals surface area contributed by atoms with Crippen LogP contribution in [0.1, 0.15) is 40.3 Å². The summed E-state index contributed by atoms with van der Waals surface area (Å²) in [4.78, 5) is 0. The lowest BCUT2D eigenvalue weighted by Gasteiger charge is -2.13. The van der Waals surface area contributed by atoms with Crippen LogP contribution >= 0.6 is 0 Å². The molecule has 0 atom stereocenters. The highest BCUT2D eigenvalue weighted by Crippen LogP contribution is 2.33. The number of aryl methyl sites for hydroxylation is 6. The van der Waals surface area contributed by atoms with Crippen molar-refractivity contribution in [3.05, 3.63) is 94.2 Å². The zero-order valence-corrected chi connectivity index (χ0v) is 17.3. The van der Waals surface area contributed by atoms with Crippen LogP contribution in [-0.4, -0.2) is 0 Å². The van der Waals surface area contributed by atoms with Gasteiger partial charge in [-0.1, -0.05) is 60.5 Å². The smallest absolute Gasteiger partial charge is 0.134 e. The number of fused-ring (bicyclic) bond motifs is 1. The van der Waals surface area contributed by atoms with Gasteiger partial charge in [0, 0.05) is 5.39 Å². The van der Waals surface area contributed by atoms with Gasteiger partial charge in [0.15, 0.2) is 0 Å². The van der Waals surface area contributed by atoms with E-state index in [0.29, 0.717) is 0 Å². The molecule has 0 radical (unpaired) electrons. The number of benzene rings is 3. The van der Waals surface area contributed by atoms with Crippen molar-refractivity contribution >= 4 is 11.0 Å². The van der Waals surface area contributed by atoms with Crippen LogP contribution in [0.25, 0.3) is 22.1 Å². The van der Waals surface area contributed by atoms with Crippen molar-refractivity contribution in [2.45, 2.75) is 47.0 Å². The lowest BCUT2D eigenvalue weighted by atomic mass is 9.91. The summed E-state index contributed by atoms with van der Waals surface area (Å²) < 4.78 is 5.88. The van der Waals surface area contributed by atoms with E-state index in [9.17, 15) is 0 Å². The van der Waals surface area contributed by atoms with Crippen LogP contribution in [0.2, 0.25) is 0 Å². The van der Waals surface area contributed by atoms with Gasteiger partial charge in [0.25, 0.3) is 0 Å². The molecule has 0 amide bonds. The van der Waals surface area contributed by atoms with E-state index >= 15 is 0 Å². The van der Waals surface area contributed by atoms with Gasteiger partial charge < -0.3 is 4.42 Å². The lowest BCUT2D eigenvalue weighted by Crippen LogP contribution is -1.97. The Balaban J connectivity index is 1.76. The Morgan fingerprint density at radius 3 is 2.14 bits per heavy atom. The molecule has 0 fully saturated rings. The highest BCUT2D eigenvalue weighted by Gasteiger charge is 2.13. The minimum absolute atomic E-state index is 0.988. The van der Waals surface area contributed by atoms with Crippen molar-refractivity contribution in [3.63, 3.8) is 0 Å². The molecule has 1 aromatic heterocycles.